The molecule has 5 nitrogen and oxygen atoms in total. The molecule has 1 aromatic carbocycles. The predicted molar refractivity (Wildman–Crippen MR) is 84.8 cm³/mol. The second kappa shape index (κ2) is 5.41. The lowest BCUT2D eigenvalue weighted by molar-refractivity contribution is 0.845. The molecule has 0 radical (unpaired) electrons. The molecule has 1 heterocycles. The van der Waals surface area contributed by atoms with Crippen molar-refractivity contribution in [2.75, 3.05) is 17.7 Å². The van der Waals surface area contributed by atoms with E-state index in [9.17, 15) is 4.79 Å². The summed E-state index contributed by atoms with van der Waals surface area (Å²) in [6.07, 6.45) is 2.19. The maximum Gasteiger partial charge on any atom is 0.252 e. The van der Waals surface area contributed by atoms with Gasteiger partial charge >= 0.3 is 0 Å². The van der Waals surface area contributed by atoms with Gasteiger partial charge in [-0.2, -0.15) is 0 Å². The summed E-state index contributed by atoms with van der Waals surface area (Å²) in [5.41, 5.74) is 7.25. The van der Waals surface area contributed by atoms with E-state index in [1.807, 2.05) is 18.0 Å². The summed E-state index contributed by atoms with van der Waals surface area (Å²) in [4.78, 5) is 21.0. The smallest absolute Gasteiger partial charge is 0.252 e. The van der Waals surface area contributed by atoms with Gasteiger partial charge in [0, 0.05) is 36.3 Å². The molecule has 0 spiro atoms. The highest BCUT2D eigenvalue weighted by Gasteiger charge is 2.26. The van der Waals surface area contributed by atoms with Gasteiger partial charge in [-0.15, -0.1) is 0 Å². The van der Waals surface area contributed by atoms with E-state index in [0.717, 1.165) is 24.2 Å². The summed E-state index contributed by atoms with van der Waals surface area (Å²) in [7, 11) is 1.89. The zero-order chi connectivity index (χ0) is 15.0. The largest absolute Gasteiger partial charge is 0.399 e. The Hall–Kier alpha value is -2.01. The Morgan fingerprint density at radius 3 is 2.90 bits per heavy atom. The Morgan fingerprint density at radius 1 is 1.43 bits per heavy atom. The second-order valence-corrected chi connectivity index (χ2v) is 5.88. The number of H-pyrrole nitrogens is 1. The Labute approximate surface area is 127 Å². The van der Waals surface area contributed by atoms with Crippen molar-refractivity contribution in [3.8, 4) is 0 Å². The number of aromatic nitrogens is 2. The maximum atomic E-state index is 11.8. The molecule has 3 rings (SSSR count). The molecule has 0 unspecified atom stereocenters. The van der Waals surface area contributed by atoms with Gasteiger partial charge in [0.05, 0.1) is 0 Å². The SMILES string of the molecule is CN(Cc1cc(N)ccc1Cl)c1cc(=O)[nH]c(C2CC2)n1. The first kappa shape index (κ1) is 13.9. The number of nitrogen functional groups attached to an aromatic ring is 1. The van der Waals surface area contributed by atoms with E-state index < -0.39 is 0 Å². The molecule has 0 saturated heterocycles. The Balaban J connectivity index is 1.86. The molecule has 0 atom stereocenters. The number of nitrogens with two attached hydrogens (primary N) is 1. The number of nitrogens with zero attached hydrogens (tertiary/aromatic N) is 2. The lowest BCUT2D eigenvalue weighted by Gasteiger charge is -2.19. The number of hydrogen-bond acceptors (Lipinski definition) is 4. The number of benzene rings is 1. The molecule has 3 N–H and O–H groups in total. The van der Waals surface area contributed by atoms with E-state index in [4.69, 9.17) is 17.3 Å². The van der Waals surface area contributed by atoms with Crippen LogP contribution in [-0.4, -0.2) is 17.0 Å². The number of halogens is 1. The Kier molecular flexibility index (Phi) is 3.59. The van der Waals surface area contributed by atoms with Crippen LogP contribution in [0.5, 0.6) is 0 Å². The molecule has 21 heavy (non-hydrogen) atoms. The van der Waals surface area contributed by atoms with Crippen LogP contribution < -0.4 is 16.2 Å². The lowest BCUT2D eigenvalue weighted by atomic mass is 10.2. The quantitative estimate of drug-likeness (QED) is 0.851. The standard InChI is InChI=1S/C15H17ClN4O/c1-20(8-10-6-11(17)4-5-12(10)16)13-7-14(21)19-15(18-13)9-2-3-9/h4-7,9H,2-3,8,17H2,1H3,(H,18,19,21). The molecule has 0 amide bonds. The zero-order valence-corrected chi connectivity index (χ0v) is 12.5. The van der Waals surface area contributed by atoms with Gasteiger partial charge in [0.25, 0.3) is 5.56 Å². The summed E-state index contributed by atoms with van der Waals surface area (Å²) in [6, 6.07) is 6.89. The van der Waals surface area contributed by atoms with Crippen molar-refractivity contribution in [2.45, 2.75) is 25.3 Å². The van der Waals surface area contributed by atoms with Gasteiger partial charge in [0.2, 0.25) is 0 Å². The highest BCUT2D eigenvalue weighted by atomic mass is 35.5. The minimum Gasteiger partial charge on any atom is -0.399 e. The summed E-state index contributed by atoms with van der Waals surface area (Å²) >= 11 is 6.18. The molecular formula is C15H17ClN4O. The van der Waals surface area contributed by atoms with E-state index in [2.05, 4.69) is 9.97 Å². The normalized spacial score (nSPS) is 14.2. The first-order valence-corrected chi connectivity index (χ1v) is 7.27. The molecule has 2 aromatic rings. The third-order valence-electron chi connectivity index (χ3n) is 3.58. The van der Waals surface area contributed by atoms with E-state index >= 15 is 0 Å². The molecule has 1 aromatic heterocycles. The van der Waals surface area contributed by atoms with Crippen molar-refractivity contribution in [3.05, 3.63) is 51.0 Å². The summed E-state index contributed by atoms with van der Waals surface area (Å²) in [6.45, 7) is 0.546. The van der Waals surface area contributed by atoms with E-state index in [-0.39, 0.29) is 5.56 Å². The van der Waals surface area contributed by atoms with Gasteiger partial charge in [-0.05, 0) is 36.6 Å². The van der Waals surface area contributed by atoms with Crippen LogP contribution in [0.3, 0.4) is 0 Å². The van der Waals surface area contributed by atoms with Crippen LogP contribution in [0.25, 0.3) is 0 Å². The van der Waals surface area contributed by atoms with E-state index in [1.165, 1.54) is 6.07 Å². The van der Waals surface area contributed by atoms with Crippen molar-refractivity contribution in [1.82, 2.24) is 9.97 Å². The van der Waals surface area contributed by atoms with Crippen molar-refractivity contribution in [3.63, 3.8) is 0 Å². The number of rotatable bonds is 4. The molecule has 0 bridgehead atoms. The topological polar surface area (TPSA) is 75.0 Å². The molecular weight excluding hydrogens is 288 g/mol. The van der Waals surface area contributed by atoms with E-state index in [0.29, 0.717) is 29.0 Å². The predicted octanol–water partition coefficient (Wildman–Crippen LogP) is 2.52. The van der Waals surface area contributed by atoms with Crippen LogP contribution in [0.2, 0.25) is 5.02 Å². The van der Waals surface area contributed by atoms with Crippen LogP contribution in [0.15, 0.2) is 29.1 Å². The molecule has 1 saturated carbocycles. The molecule has 0 aliphatic heterocycles. The van der Waals surface area contributed by atoms with Crippen LogP contribution in [0.4, 0.5) is 11.5 Å². The fourth-order valence-electron chi connectivity index (χ4n) is 2.26. The fraction of sp³-hybridized carbons (Fsp3) is 0.333. The van der Waals surface area contributed by atoms with Gasteiger partial charge in [-0.3, -0.25) is 4.79 Å². The summed E-state index contributed by atoms with van der Waals surface area (Å²) in [5.74, 6) is 1.84. The zero-order valence-electron chi connectivity index (χ0n) is 11.8. The highest BCUT2D eigenvalue weighted by molar-refractivity contribution is 6.31. The van der Waals surface area contributed by atoms with Gasteiger partial charge in [0.15, 0.2) is 0 Å². The third-order valence-corrected chi connectivity index (χ3v) is 3.95. The number of nitrogens with one attached hydrogen (secondary N) is 1. The average molecular weight is 305 g/mol. The van der Waals surface area contributed by atoms with Crippen molar-refractivity contribution < 1.29 is 0 Å². The first-order valence-electron chi connectivity index (χ1n) is 6.89. The van der Waals surface area contributed by atoms with Gasteiger partial charge in [-0.25, -0.2) is 4.98 Å². The Morgan fingerprint density at radius 2 is 2.19 bits per heavy atom. The van der Waals surface area contributed by atoms with Crippen LogP contribution in [0, 0.1) is 0 Å². The lowest BCUT2D eigenvalue weighted by Crippen LogP contribution is -2.22. The molecule has 1 fully saturated rings. The summed E-state index contributed by atoms with van der Waals surface area (Å²) < 4.78 is 0. The third kappa shape index (κ3) is 3.19. The minimum atomic E-state index is -0.118. The second-order valence-electron chi connectivity index (χ2n) is 5.47. The molecule has 110 valence electrons. The number of anilines is 2. The average Bonchev–Trinajstić information content (AvgIpc) is 3.26. The fourth-order valence-corrected chi connectivity index (χ4v) is 2.44. The van der Waals surface area contributed by atoms with Crippen molar-refractivity contribution in [1.29, 1.82) is 0 Å². The summed E-state index contributed by atoms with van der Waals surface area (Å²) in [5, 5.41) is 0.656. The van der Waals surface area contributed by atoms with E-state index in [1.54, 1.807) is 12.1 Å². The Bertz CT molecular complexity index is 724. The monoisotopic (exact) mass is 304 g/mol. The highest BCUT2D eigenvalue weighted by Crippen LogP contribution is 2.37. The number of aromatic amines is 1. The molecule has 1 aliphatic carbocycles. The van der Waals surface area contributed by atoms with Gasteiger partial charge in [0.1, 0.15) is 11.6 Å². The van der Waals surface area contributed by atoms with Gasteiger partial charge < -0.3 is 15.6 Å². The first-order chi connectivity index (χ1) is 10.0. The maximum absolute atomic E-state index is 11.8. The van der Waals surface area contributed by atoms with Crippen LogP contribution >= 0.6 is 11.6 Å². The van der Waals surface area contributed by atoms with Crippen molar-refractivity contribution >= 4 is 23.1 Å². The number of hydrogen-bond donors (Lipinski definition) is 2. The van der Waals surface area contributed by atoms with Crippen LogP contribution in [0.1, 0.15) is 30.1 Å². The molecule has 6 heteroatoms. The molecule has 1 aliphatic rings. The van der Waals surface area contributed by atoms with Crippen LogP contribution in [-0.2, 0) is 6.54 Å². The van der Waals surface area contributed by atoms with Crippen molar-refractivity contribution in [2.24, 2.45) is 0 Å². The van der Waals surface area contributed by atoms with Gasteiger partial charge in [-0.1, -0.05) is 11.6 Å². The minimum absolute atomic E-state index is 0.118.